The first-order valence-electron chi connectivity index (χ1n) is 7.93. The first-order valence-corrected chi connectivity index (χ1v) is 7.93. The molecule has 8 nitrogen and oxygen atoms in total. The summed E-state index contributed by atoms with van der Waals surface area (Å²) < 4.78 is 12.2. The van der Waals surface area contributed by atoms with Crippen molar-refractivity contribution in [2.45, 2.75) is 5.92 Å². The zero-order chi connectivity index (χ0) is 17.6. The molecular weight excluding hydrogens is 326 g/mol. The number of aromatic nitrogens is 2. The minimum atomic E-state index is -0.913. The van der Waals surface area contributed by atoms with Crippen LogP contribution in [-0.2, 0) is 11.8 Å². The van der Waals surface area contributed by atoms with Crippen molar-refractivity contribution in [1.82, 2.24) is 14.7 Å². The van der Waals surface area contributed by atoms with Crippen molar-refractivity contribution < 1.29 is 24.2 Å². The normalized spacial score (nSPS) is 21.6. The number of nitrogens with zero attached hydrogens (tertiary/aromatic N) is 3. The molecule has 2 aliphatic heterocycles. The van der Waals surface area contributed by atoms with Gasteiger partial charge in [-0.25, -0.2) is 0 Å². The number of hydrogen-bond acceptors (Lipinski definition) is 5. The van der Waals surface area contributed by atoms with Gasteiger partial charge in [0.2, 0.25) is 6.79 Å². The average Bonchev–Trinajstić information content (AvgIpc) is 3.32. The number of ether oxygens (including phenoxy) is 2. The van der Waals surface area contributed by atoms with Gasteiger partial charge in [-0.2, -0.15) is 5.10 Å². The molecule has 8 heteroatoms. The minimum Gasteiger partial charge on any atom is -0.481 e. The van der Waals surface area contributed by atoms with Gasteiger partial charge in [0, 0.05) is 32.3 Å². The molecule has 2 aromatic rings. The molecule has 25 heavy (non-hydrogen) atoms. The van der Waals surface area contributed by atoms with Crippen molar-refractivity contribution in [3.8, 4) is 11.5 Å². The van der Waals surface area contributed by atoms with E-state index >= 15 is 0 Å². The van der Waals surface area contributed by atoms with Gasteiger partial charge < -0.3 is 19.5 Å². The molecule has 1 saturated heterocycles. The van der Waals surface area contributed by atoms with Crippen molar-refractivity contribution in [1.29, 1.82) is 0 Å². The number of benzene rings is 1. The number of amides is 1. The number of fused-ring (bicyclic) bond motifs is 1. The standard InChI is InChI=1S/C17H17N3O5/c1-19-6-11(5-18-19)16(21)20-7-12(13(8-20)17(22)23)10-2-3-14-15(4-10)25-9-24-14/h2-6,12-13H,7-9H2,1H3,(H,22,23). The van der Waals surface area contributed by atoms with Crippen molar-refractivity contribution in [3.05, 3.63) is 41.7 Å². The Morgan fingerprint density at radius 1 is 1.24 bits per heavy atom. The minimum absolute atomic E-state index is 0.164. The molecule has 2 unspecified atom stereocenters. The highest BCUT2D eigenvalue weighted by Crippen LogP contribution is 2.39. The van der Waals surface area contributed by atoms with E-state index in [1.165, 1.54) is 6.20 Å². The van der Waals surface area contributed by atoms with Gasteiger partial charge >= 0.3 is 5.97 Å². The second-order valence-electron chi connectivity index (χ2n) is 6.28. The molecule has 0 radical (unpaired) electrons. The van der Waals surface area contributed by atoms with E-state index < -0.39 is 11.9 Å². The van der Waals surface area contributed by atoms with Gasteiger partial charge in [0.25, 0.3) is 5.91 Å². The number of carboxylic acids is 1. The predicted octanol–water partition coefficient (Wildman–Crippen LogP) is 1.09. The summed E-state index contributed by atoms with van der Waals surface area (Å²) in [5.74, 6) is -0.823. The summed E-state index contributed by atoms with van der Waals surface area (Å²) in [5.41, 5.74) is 1.29. The molecule has 0 aliphatic carbocycles. The van der Waals surface area contributed by atoms with Crippen LogP contribution in [0.2, 0.25) is 0 Å². The number of aryl methyl sites for hydroxylation is 1. The Bertz CT molecular complexity index is 847. The van der Waals surface area contributed by atoms with Crippen molar-refractivity contribution in [3.63, 3.8) is 0 Å². The summed E-state index contributed by atoms with van der Waals surface area (Å²) >= 11 is 0. The SMILES string of the molecule is Cn1cc(C(=O)N2CC(C(=O)O)C(c3ccc4c(c3)OCO4)C2)cn1. The third-order valence-corrected chi connectivity index (χ3v) is 4.70. The lowest BCUT2D eigenvalue weighted by molar-refractivity contribution is -0.141. The Labute approximate surface area is 143 Å². The van der Waals surface area contributed by atoms with E-state index in [2.05, 4.69) is 5.10 Å². The molecule has 0 bridgehead atoms. The molecule has 130 valence electrons. The summed E-state index contributed by atoms with van der Waals surface area (Å²) in [7, 11) is 1.73. The fourth-order valence-corrected chi connectivity index (χ4v) is 3.42. The van der Waals surface area contributed by atoms with Crippen LogP contribution >= 0.6 is 0 Å². The number of aliphatic carboxylic acids is 1. The fourth-order valence-electron chi connectivity index (χ4n) is 3.42. The summed E-state index contributed by atoms with van der Waals surface area (Å²) in [5, 5.41) is 13.6. The number of carbonyl (C=O) groups excluding carboxylic acids is 1. The van der Waals surface area contributed by atoms with Crippen molar-refractivity contribution >= 4 is 11.9 Å². The molecule has 1 N–H and O–H groups in total. The molecule has 1 fully saturated rings. The summed E-state index contributed by atoms with van der Waals surface area (Å²) in [6, 6.07) is 5.43. The van der Waals surface area contributed by atoms with Crippen LogP contribution in [0, 0.1) is 5.92 Å². The molecule has 4 rings (SSSR count). The second kappa shape index (κ2) is 5.80. The maximum atomic E-state index is 12.6. The first-order chi connectivity index (χ1) is 12.0. The molecule has 1 amide bonds. The molecule has 2 atom stereocenters. The molecule has 0 spiro atoms. The lowest BCUT2D eigenvalue weighted by Crippen LogP contribution is -2.29. The number of carbonyl (C=O) groups is 2. The Balaban J connectivity index is 1.61. The summed E-state index contributed by atoms with van der Waals surface area (Å²) in [4.78, 5) is 25.9. The lowest BCUT2D eigenvalue weighted by atomic mass is 9.89. The second-order valence-corrected chi connectivity index (χ2v) is 6.28. The van der Waals surface area contributed by atoms with Crippen LogP contribution in [0.15, 0.2) is 30.6 Å². The van der Waals surface area contributed by atoms with Gasteiger partial charge in [-0.05, 0) is 17.7 Å². The summed E-state index contributed by atoms with van der Waals surface area (Å²) in [6.07, 6.45) is 3.12. The van der Waals surface area contributed by atoms with E-state index in [0.717, 1.165) is 5.56 Å². The molecule has 0 saturated carbocycles. The fraction of sp³-hybridized carbons (Fsp3) is 0.353. The van der Waals surface area contributed by atoms with Crippen molar-refractivity contribution in [2.75, 3.05) is 19.9 Å². The maximum absolute atomic E-state index is 12.6. The summed E-state index contributed by atoms with van der Waals surface area (Å²) in [6.45, 7) is 0.671. The first kappa shape index (κ1) is 15.5. The largest absolute Gasteiger partial charge is 0.481 e. The third kappa shape index (κ3) is 2.69. The van der Waals surface area contributed by atoms with Crippen LogP contribution in [0.4, 0.5) is 0 Å². The van der Waals surface area contributed by atoms with Crippen LogP contribution in [0.1, 0.15) is 21.8 Å². The van der Waals surface area contributed by atoms with Crippen LogP contribution < -0.4 is 9.47 Å². The quantitative estimate of drug-likeness (QED) is 0.897. The van der Waals surface area contributed by atoms with E-state index in [-0.39, 0.29) is 25.2 Å². The Hall–Kier alpha value is -3.03. The van der Waals surface area contributed by atoms with Gasteiger partial charge in [-0.3, -0.25) is 14.3 Å². The zero-order valence-corrected chi connectivity index (χ0v) is 13.6. The third-order valence-electron chi connectivity index (χ3n) is 4.70. The van der Waals surface area contributed by atoms with E-state index in [4.69, 9.17) is 9.47 Å². The van der Waals surface area contributed by atoms with Gasteiger partial charge in [0.05, 0.1) is 17.7 Å². The molecule has 3 heterocycles. The van der Waals surface area contributed by atoms with Gasteiger partial charge in [0.1, 0.15) is 0 Å². The van der Waals surface area contributed by atoms with Crippen LogP contribution in [0.25, 0.3) is 0 Å². The van der Waals surface area contributed by atoms with Crippen molar-refractivity contribution in [2.24, 2.45) is 13.0 Å². The smallest absolute Gasteiger partial charge is 0.308 e. The molecule has 1 aromatic heterocycles. The Morgan fingerprint density at radius 2 is 2.04 bits per heavy atom. The lowest BCUT2D eigenvalue weighted by Gasteiger charge is -2.16. The highest BCUT2D eigenvalue weighted by Gasteiger charge is 2.41. The van der Waals surface area contributed by atoms with E-state index in [0.29, 0.717) is 23.6 Å². The average molecular weight is 343 g/mol. The van der Waals surface area contributed by atoms with Crippen LogP contribution in [0.5, 0.6) is 11.5 Å². The van der Waals surface area contributed by atoms with E-state index in [1.54, 1.807) is 35.0 Å². The zero-order valence-electron chi connectivity index (χ0n) is 13.6. The van der Waals surface area contributed by atoms with Crippen LogP contribution in [0.3, 0.4) is 0 Å². The van der Waals surface area contributed by atoms with Gasteiger partial charge in [-0.1, -0.05) is 6.07 Å². The Kier molecular flexibility index (Phi) is 3.60. The highest BCUT2D eigenvalue weighted by atomic mass is 16.7. The maximum Gasteiger partial charge on any atom is 0.308 e. The predicted molar refractivity (Wildman–Crippen MR) is 85.5 cm³/mol. The Morgan fingerprint density at radius 3 is 2.76 bits per heavy atom. The molecule has 1 aromatic carbocycles. The van der Waals surface area contributed by atoms with Crippen LogP contribution in [-0.4, -0.2) is 51.5 Å². The molecule has 2 aliphatic rings. The number of hydrogen-bond donors (Lipinski definition) is 1. The number of rotatable bonds is 3. The van der Waals surface area contributed by atoms with Gasteiger partial charge in [0.15, 0.2) is 11.5 Å². The highest BCUT2D eigenvalue weighted by molar-refractivity contribution is 5.94. The number of carboxylic acid groups (broad SMARTS) is 1. The van der Waals surface area contributed by atoms with E-state index in [9.17, 15) is 14.7 Å². The monoisotopic (exact) mass is 343 g/mol. The number of likely N-dealkylation sites (tertiary alicyclic amines) is 1. The van der Waals surface area contributed by atoms with E-state index in [1.807, 2.05) is 6.07 Å². The topological polar surface area (TPSA) is 93.9 Å². The van der Waals surface area contributed by atoms with Gasteiger partial charge in [-0.15, -0.1) is 0 Å². The molecular formula is C17H17N3O5.